The van der Waals surface area contributed by atoms with Crippen molar-refractivity contribution in [2.45, 2.75) is 91.9 Å². The van der Waals surface area contributed by atoms with E-state index in [-0.39, 0.29) is 5.41 Å². The van der Waals surface area contributed by atoms with E-state index in [1.807, 2.05) is 31.5 Å². The number of rotatable bonds is 7. The fourth-order valence-electron chi connectivity index (χ4n) is 4.47. The Morgan fingerprint density at radius 2 is 2.00 bits per heavy atom. The van der Waals surface area contributed by atoms with E-state index < -0.39 is 19.8 Å². The average molecular weight is 527 g/mol. The van der Waals surface area contributed by atoms with E-state index in [0.29, 0.717) is 18.1 Å². The van der Waals surface area contributed by atoms with E-state index in [1.165, 1.54) is 10.5 Å². The summed E-state index contributed by atoms with van der Waals surface area (Å²) in [6, 6.07) is 2.99. The fraction of sp³-hybridized carbons (Fsp3) is 0.630. The molecule has 9 nitrogen and oxygen atoms in total. The first-order valence-corrected chi connectivity index (χ1v) is 16.8. The first-order valence-electron chi connectivity index (χ1n) is 13.1. The van der Waals surface area contributed by atoms with Crippen LogP contribution < -0.4 is 4.90 Å². The number of anilines is 1. The summed E-state index contributed by atoms with van der Waals surface area (Å²) in [5.74, 6) is 0.724. The molecule has 0 aliphatic heterocycles. The molecule has 4 rings (SSSR count). The molecule has 1 aliphatic carbocycles. The number of fused-ring (bicyclic) bond motifs is 2. The number of imidazole rings is 1. The highest BCUT2D eigenvalue weighted by Crippen LogP contribution is 2.38. The highest BCUT2D eigenvalue weighted by molar-refractivity contribution is 6.76. The number of nitrogens with one attached hydrogen (secondary N) is 1. The number of hydrogen-bond acceptors (Lipinski definition) is 6. The van der Waals surface area contributed by atoms with Crippen LogP contribution in [0.2, 0.25) is 25.7 Å². The van der Waals surface area contributed by atoms with Crippen LogP contribution in [0.5, 0.6) is 0 Å². The molecule has 0 fully saturated rings. The molecule has 1 aliphatic rings. The van der Waals surface area contributed by atoms with Crippen LogP contribution in [-0.4, -0.2) is 58.2 Å². The molecular formula is C27H42N6O3Si. The molecule has 0 unspecified atom stereocenters. The maximum absolute atomic E-state index is 12.6. The molecule has 0 radical (unpaired) electrons. The van der Waals surface area contributed by atoms with Crippen LogP contribution in [0.1, 0.15) is 52.3 Å². The van der Waals surface area contributed by atoms with Crippen molar-refractivity contribution in [1.29, 1.82) is 0 Å². The van der Waals surface area contributed by atoms with Gasteiger partial charge in [-0.05, 0) is 57.6 Å². The lowest BCUT2D eigenvalue weighted by molar-refractivity contribution is 0.0589. The maximum atomic E-state index is 12.6. The zero-order valence-corrected chi connectivity index (χ0v) is 24.9. The van der Waals surface area contributed by atoms with Crippen LogP contribution in [0, 0.1) is 5.41 Å². The van der Waals surface area contributed by atoms with Crippen molar-refractivity contribution in [1.82, 2.24) is 24.7 Å². The third-order valence-electron chi connectivity index (χ3n) is 6.64. The molecule has 0 saturated heterocycles. The number of nitrogens with zero attached hydrogens (tertiary/aromatic N) is 5. The van der Waals surface area contributed by atoms with Crippen LogP contribution in [0.25, 0.3) is 22.7 Å². The van der Waals surface area contributed by atoms with Crippen LogP contribution in [0.4, 0.5) is 10.5 Å². The second-order valence-electron chi connectivity index (χ2n) is 13.2. The van der Waals surface area contributed by atoms with Gasteiger partial charge in [-0.25, -0.2) is 19.4 Å². The number of hydrogen-bond donors (Lipinski definition) is 1. The zero-order valence-electron chi connectivity index (χ0n) is 23.9. The number of aromatic nitrogens is 5. The van der Waals surface area contributed by atoms with Crippen molar-refractivity contribution >= 4 is 31.0 Å². The summed E-state index contributed by atoms with van der Waals surface area (Å²) >= 11 is 0. The van der Waals surface area contributed by atoms with Crippen LogP contribution in [0.3, 0.4) is 0 Å². The van der Waals surface area contributed by atoms with Gasteiger partial charge in [0.25, 0.3) is 0 Å². The van der Waals surface area contributed by atoms with E-state index in [0.717, 1.165) is 54.6 Å². The number of aromatic amines is 1. The monoisotopic (exact) mass is 526 g/mol. The molecule has 3 aromatic heterocycles. The van der Waals surface area contributed by atoms with Crippen molar-refractivity contribution in [2.75, 3.05) is 18.6 Å². The predicted molar refractivity (Wildman–Crippen MR) is 150 cm³/mol. The topological polar surface area (TPSA) is 98.2 Å². The minimum atomic E-state index is -1.18. The Morgan fingerprint density at radius 3 is 2.68 bits per heavy atom. The smallest absolute Gasteiger partial charge is 0.414 e. The third kappa shape index (κ3) is 6.59. The van der Waals surface area contributed by atoms with Crippen LogP contribution in [-0.2, 0) is 29.0 Å². The Hall–Kier alpha value is -2.72. The minimum absolute atomic E-state index is 0.221. The molecule has 202 valence electrons. The van der Waals surface area contributed by atoms with Crippen molar-refractivity contribution in [3.8, 4) is 11.5 Å². The minimum Gasteiger partial charge on any atom is -0.443 e. The van der Waals surface area contributed by atoms with Crippen LogP contribution >= 0.6 is 0 Å². The highest BCUT2D eigenvalue weighted by atomic mass is 28.3. The molecule has 0 aromatic carbocycles. The van der Waals surface area contributed by atoms with Gasteiger partial charge in [0, 0.05) is 27.3 Å². The molecule has 0 atom stereocenters. The summed E-state index contributed by atoms with van der Waals surface area (Å²) in [7, 11) is 0.501. The number of H-pyrrole nitrogens is 1. The first kappa shape index (κ1) is 27.3. The Morgan fingerprint density at radius 1 is 1.27 bits per heavy atom. The quantitative estimate of drug-likeness (QED) is 0.299. The largest absolute Gasteiger partial charge is 0.443 e. The number of amides is 1. The second kappa shape index (κ2) is 9.87. The van der Waals surface area contributed by atoms with Gasteiger partial charge in [-0.3, -0.25) is 4.90 Å². The summed E-state index contributed by atoms with van der Waals surface area (Å²) in [6.45, 7) is 18.3. The number of carbonyl (C=O) groups is 1. The average Bonchev–Trinajstić information content (AvgIpc) is 3.33. The van der Waals surface area contributed by atoms with Crippen molar-refractivity contribution in [3.63, 3.8) is 0 Å². The lowest BCUT2D eigenvalue weighted by Crippen LogP contribution is -2.34. The van der Waals surface area contributed by atoms with Gasteiger partial charge in [0.15, 0.2) is 11.5 Å². The Balaban J connectivity index is 1.65. The standard InChI is InChI=1S/C27H42N6O3Si/c1-26(2,3)36-25(34)32(6)18-14-20-23(28-16-18)30-24(29-20)22-19-10-11-27(4,5)15-21(19)31-33(22)17-35-12-13-37(7,8)9/h14,16H,10-13,15,17H2,1-9H3,(H,28,29,30). The van der Waals surface area contributed by atoms with Gasteiger partial charge in [0.1, 0.15) is 18.0 Å². The van der Waals surface area contributed by atoms with Crippen molar-refractivity contribution in [3.05, 3.63) is 23.5 Å². The Labute approximate surface area is 221 Å². The van der Waals surface area contributed by atoms with Gasteiger partial charge in [0.05, 0.1) is 23.1 Å². The Bertz CT molecular complexity index is 1280. The summed E-state index contributed by atoms with van der Waals surface area (Å²) in [5.41, 5.74) is 4.94. The van der Waals surface area contributed by atoms with E-state index in [1.54, 1.807) is 13.2 Å². The molecule has 1 amide bonds. The number of carbonyl (C=O) groups excluding carboxylic acids is 1. The third-order valence-corrected chi connectivity index (χ3v) is 8.35. The summed E-state index contributed by atoms with van der Waals surface area (Å²) < 4.78 is 13.6. The molecule has 3 aromatic rings. The zero-order chi connectivity index (χ0) is 27.2. The lowest BCUT2D eigenvalue weighted by atomic mass is 9.76. The van der Waals surface area contributed by atoms with Gasteiger partial charge < -0.3 is 14.5 Å². The summed E-state index contributed by atoms with van der Waals surface area (Å²) in [4.78, 5) is 26.8. The second-order valence-corrected chi connectivity index (χ2v) is 18.8. The van der Waals surface area contributed by atoms with E-state index >= 15 is 0 Å². The van der Waals surface area contributed by atoms with Crippen LogP contribution in [0.15, 0.2) is 12.3 Å². The van der Waals surface area contributed by atoms with Gasteiger partial charge in [-0.2, -0.15) is 5.10 Å². The predicted octanol–water partition coefficient (Wildman–Crippen LogP) is 6.02. The maximum Gasteiger partial charge on any atom is 0.414 e. The SMILES string of the molecule is CN(C(=O)OC(C)(C)C)c1cnc2nc(-c3c4c(nn3COCC[Si](C)(C)C)CC(C)(C)CC4)[nH]c2c1. The summed E-state index contributed by atoms with van der Waals surface area (Å²) in [6.07, 6.45) is 4.19. The van der Waals surface area contributed by atoms with E-state index in [2.05, 4.69) is 43.5 Å². The van der Waals surface area contributed by atoms with Crippen molar-refractivity contribution in [2.24, 2.45) is 5.41 Å². The lowest BCUT2D eigenvalue weighted by Gasteiger charge is -2.28. The number of ether oxygens (including phenoxy) is 2. The fourth-order valence-corrected chi connectivity index (χ4v) is 5.22. The molecule has 0 saturated carbocycles. The molecule has 10 heteroatoms. The van der Waals surface area contributed by atoms with E-state index in [4.69, 9.17) is 19.6 Å². The van der Waals surface area contributed by atoms with E-state index in [9.17, 15) is 4.79 Å². The molecular weight excluding hydrogens is 484 g/mol. The van der Waals surface area contributed by atoms with Gasteiger partial charge in [-0.15, -0.1) is 0 Å². The Kier molecular flexibility index (Phi) is 7.28. The van der Waals surface area contributed by atoms with Gasteiger partial charge in [0.2, 0.25) is 0 Å². The van der Waals surface area contributed by atoms with Gasteiger partial charge >= 0.3 is 6.09 Å². The van der Waals surface area contributed by atoms with Gasteiger partial charge in [-0.1, -0.05) is 33.5 Å². The first-order chi connectivity index (χ1) is 17.1. The number of pyridine rings is 1. The molecule has 37 heavy (non-hydrogen) atoms. The summed E-state index contributed by atoms with van der Waals surface area (Å²) in [5, 5.41) is 4.98. The molecule has 1 N–H and O–H groups in total. The molecule has 0 bridgehead atoms. The van der Waals surface area contributed by atoms with Crippen molar-refractivity contribution < 1.29 is 14.3 Å². The molecule has 3 heterocycles. The normalized spacial score (nSPS) is 15.6. The highest BCUT2D eigenvalue weighted by Gasteiger charge is 2.32. The molecule has 0 spiro atoms.